The van der Waals surface area contributed by atoms with Crippen molar-refractivity contribution in [2.75, 3.05) is 19.7 Å². The van der Waals surface area contributed by atoms with E-state index in [0.29, 0.717) is 18.2 Å². The van der Waals surface area contributed by atoms with Gasteiger partial charge in [0.05, 0.1) is 22.5 Å². The molecule has 1 aromatic rings. The van der Waals surface area contributed by atoms with Crippen LogP contribution in [-0.4, -0.2) is 42.9 Å². The lowest BCUT2D eigenvalue weighted by molar-refractivity contribution is -0.120. The van der Waals surface area contributed by atoms with Crippen LogP contribution in [0.5, 0.6) is 5.75 Å². The molecule has 1 aromatic carbocycles. The predicted molar refractivity (Wildman–Crippen MR) is 131 cm³/mol. The smallest absolute Gasteiger partial charge is 0.150 e. The van der Waals surface area contributed by atoms with E-state index < -0.39 is 0 Å². The summed E-state index contributed by atoms with van der Waals surface area (Å²) in [7, 11) is 0. The van der Waals surface area contributed by atoms with Crippen molar-refractivity contribution in [2.45, 2.75) is 42.8 Å². The zero-order chi connectivity index (χ0) is 18.8. The van der Waals surface area contributed by atoms with Gasteiger partial charge in [-0.3, -0.25) is 10.1 Å². The molecule has 0 radical (unpaired) electrons. The Hall–Kier alpha value is 0.200. The van der Waals surface area contributed by atoms with Crippen molar-refractivity contribution in [3.8, 4) is 5.75 Å². The molecule has 3 aliphatic rings. The van der Waals surface area contributed by atoms with Crippen LogP contribution in [0.4, 0.5) is 0 Å². The van der Waals surface area contributed by atoms with Gasteiger partial charge in [-0.15, -0.1) is 36.6 Å². The molecule has 0 aromatic heterocycles. The summed E-state index contributed by atoms with van der Waals surface area (Å²) in [6.07, 6.45) is 4.72. The first-order valence-corrected chi connectivity index (χ1v) is 11.8. The molecule has 4 rings (SSSR count). The van der Waals surface area contributed by atoms with Gasteiger partial charge in [0.2, 0.25) is 0 Å². The number of Topliss-reactive ketones (excluding diaryl/α,β-unsaturated/α-hetero) is 1. The Bertz CT molecular complexity index is 756. The van der Waals surface area contributed by atoms with Crippen LogP contribution in [0.25, 0.3) is 0 Å². The van der Waals surface area contributed by atoms with E-state index in [2.05, 4.69) is 60.0 Å². The molecule has 4 atom stereocenters. The summed E-state index contributed by atoms with van der Waals surface area (Å²) in [5, 5.41) is 12.8. The minimum absolute atomic E-state index is 0. The Morgan fingerprint density at radius 1 is 1.21 bits per heavy atom. The van der Waals surface area contributed by atoms with Gasteiger partial charge in [-0.25, -0.2) is 0 Å². The molecule has 5 nitrogen and oxygen atoms in total. The highest BCUT2D eigenvalue weighted by atomic mass is 79.9. The molecule has 0 amide bonds. The summed E-state index contributed by atoms with van der Waals surface area (Å²) in [5.74, 6) is 1.29. The van der Waals surface area contributed by atoms with E-state index in [9.17, 15) is 4.79 Å². The van der Waals surface area contributed by atoms with Gasteiger partial charge in [0, 0.05) is 35.0 Å². The Labute approximate surface area is 205 Å². The minimum Gasteiger partial charge on any atom is -0.492 e. The fourth-order valence-corrected chi connectivity index (χ4v) is 6.23. The number of hydrogen-bond donors (Lipinski definition) is 3. The maximum absolute atomic E-state index is 12.2. The number of piperidine rings is 1. The molecule has 0 spiro atoms. The number of carbonyl (C=O) groups is 1. The van der Waals surface area contributed by atoms with Crippen molar-refractivity contribution < 1.29 is 9.53 Å². The molecule has 0 bridgehead atoms. The summed E-state index contributed by atoms with van der Waals surface area (Å²) < 4.78 is 7.87. The zero-order valence-corrected chi connectivity index (χ0v) is 21.3. The zero-order valence-electron chi connectivity index (χ0n) is 15.7. The lowest BCUT2D eigenvalue weighted by Crippen LogP contribution is -2.57. The molecule has 29 heavy (non-hydrogen) atoms. The third-order valence-corrected chi connectivity index (χ3v) is 7.36. The highest BCUT2D eigenvalue weighted by Gasteiger charge is 2.37. The van der Waals surface area contributed by atoms with Crippen molar-refractivity contribution in [3.05, 3.63) is 38.1 Å². The summed E-state index contributed by atoms with van der Waals surface area (Å²) in [5.41, 5.74) is 1.20. The lowest BCUT2D eigenvalue weighted by atomic mass is 10.0. The highest BCUT2D eigenvalue weighted by molar-refractivity contribution is 9.11. The van der Waals surface area contributed by atoms with Crippen LogP contribution in [0.15, 0.2) is 32.6 Å². The van der Waals surface area contributed by atoms with Crippen LogP contribution in [0.1, 0.15) is 30.9 Å². The largest absolute Gasteiger partial charge is 0.492 e. The van der Waals surface area contributed by atoms with Gasteiger partial charge >= 0.3 is 0 Å². The van der Waals surface area contributed by atoms with Gasteiger partial charge in [-0.1, -0.05) is 22.0 Å². The Morgan fingerprint density at radius 2 is 2.00 bits per heavy atom. The first kappa shape index (κ1) is 25.5. The third-order valence-electron chi connectivity index (χ3n) is 5.15. The molecule has 1 saturated heterocycles. The van der Waals surface area contributed by atoms with Crippen LogP contribution in [0.2, 0.25) is 0 Å². The molecule has 4 unspecified atom stereocenters. The van der Waals surface area contributed by atoms with Crippen LogP contribution in [-0.2, 0) is 4.79 Å². The summed E-state index contributed by atoms with van der Waals surface area (Å²) >= 11 is 8.79. The standard InChI is InChI=1S/C19H23Br2N3O2S.2ClH/c20-11-8-12-14(2-6-26-18(12)13(21)9-11)22-4-1-5-23-17-10-16(25)19-15(24-17)3-7-27-19;;/h3,7-9,14-15,17,19,22-24H,1-2,4-6,10H2;2*1H. The van der Waals surface area contributed by atoms with Gasteiger partial charge in [-0.05, 0) is 53.0 Å². The van der Waals surface area contributed by atoms with E-state index in [-0.39, 0.29) is 42.3 Å². The number of ether oxygens (including phenoxy) is 1. The number of ketones is 1. The van der Waals surface area contributed by atoms with Crippen molar-refractivity contribution in [3.63, 3.8) is 0 Å². The molecule has 0 aliphatic carbocycles. The van der Waals surface area contributed by atoms with Gasteiger partial charge < -0.3 is 15.4 Å². The van der Waals surface area contributed by atoms with Crippen LogP contribution >= 0.6 is 68.4 Å². The second-order valence-electron chi connectivity index (χ2n) is 7.06. The van der Waals surface area contributed by atoms with E-state index in [1.807, 2.05) is 11.5 Å². The Morgan fingerprint density at radius 3 is 2.83 bits per heavy atom. The Balaban J connectivity index is 0.00000150. The maximum Gasteiger partial charge on any atom is 0.150 e. The fraction of sp³-hybridized carbons (Fsp3) is 0.526. The Kier molecular flexibility index (Phi) is 10.3. The van der Waals surface area contributed by atoms with E-state index in [4.69, 9.17) is 4.74 Å². The summed E-state index contributed by atoms with van der Waals surface area (Å²) in [6, 6.07) is 4.64. The molecule has 162 valence electrons. The second-order valence-corrected chi connectivity index (χ2v) is 9.88. The molecule has 1 fully saturated rings. The van der Waals surface area contributed by atoms with Crippen LogP contribution in [0, 0.1) is 0 Å². The molecule has 3 N–H and O–H groups in total. The second kappa shape index (κ2) is 11.7. The molecule has 10 heteroatoms. The number of benzene rings is 1. The van der Waals surface area contributed by atoms with Crippen LogP contribution in [0.3, 0.4) is 0 Å². The first-order valence-electron chi connectivity index (χ1n) is 9.31. The number of halogens is 4. The van der Waals surface area contributed by atoms with Gasteiger partial charge in [0.15, 0.2) is 5.78 Å². The molecule has 3 aliphatic heterocycles. The number of hydrogen-bond acceptors (Lipinski definition) is 6. The van der Waals surface area contributed by atoms with Crippen molar-refractivity contribution in [1.82, 2.24) is 16.0 Å². The monoisotopic (exact) mass is 587 g/mol. The predicted octanol–water partition coefficient (Wildman–Crippen LogP) is 4.33. The molecule has 0 saturated carbocycles. The average molecular weight is 590 g/mol. The number of nitrogens with one attached hydrogen (secondary N) is 3. The highest BCUT2D eigenvalue weighted by Crippen LogP contribution is 2.40. The average Bonchev–Trinajstić information content (AvgIpc) is 3.11. The SMILES string of the molecule is Cl.Cl.O=C1CC(NCCCNC2CCOc3c(Br)cc(Br)cc32)NC2C=CSC12. The number of thioether (sulfide) groups is 1. The molecule has 3 heterocycles. The number of rotatable bonds is 6. The van der Waals surface area contributed by atoms with Gasteiger partial charge in [0.1, 0.15) is 5.75 Å². The van der Waals surface area contributed by atoms with Gasteiger partial charge in [0.25, 0.3) is 0 Å². The van der Waals surface area contributed by atoms with Crippen molar-refractivity contribution in [2.24, 2.45) is 0 Å². The van der Waals surface area contributed by atoms with Crippen molar-refractivity contribution >= 4 is 74.2 Å². The fourth-order valence-electron chi connectivity index (χ4n) is 3.84. The number of fused-ring (bicyclic) bond motifs is 2. The summed E-state index contributed by atoms with van der Waals surface area (Å²) in [6.45, 7) is 2.53. The van der Waals surface area contributed by atoms with Crippen molar-refractivity contribution in [1.29, 1.82) is 0 Å². The lowest BCUT2D eigenvalue weighted by Gasteiger charge is -2.32. The summed E-state index contributed by atoms with van der Waals surface area (Å²) in [4.78, 5) is 12.2. The van der Waals surface area contributed by atoms with Gasteiger partial charge in [-0.2, -0.15) is 0 Å². The van der Waals surface area contributed by atoms with E-state index in [1.165, 1.54) is 5.56 Å². The molecular weight excluding hydrogens is 565 g/mol. The quantitative estimate of drug-likeness (QED) is 0.429. The normalized spacial score (nSPS) is 27.3. The van der Waals surface area contributed by atoms with E-state index in [0.717, 1.165) is 47.2 Å². The van der Waals surface area contributed by atoms with E-state index in [1.54, 1.807) is 11.8 Å². The molecular formula is C19H25Br2Cl2N3O2S. The third kappa shape index (κ3) is 6.13. The van der Waals surface area contributed by atoms with E-state index >= 15 is 0 Å². The number of carbonyl (C=O) groups excluding carboxylic acids is 1. The first-order chi connectivity index (χ1) is 13.1. The maximum atomic E-state index is 12.2. The topological polar surface area (TPSA) is 62.4 Å². The van der Waals surface area contributed by atoms with Crippen LogP contribution < -0.4 is 20.7 Å². The minimum atomic E-state index is 0.